The van der Waals surface area contributed by atoms with E-state index in [0.29, 0.717) is 12.3 Å². The van der Waals surface area contributed by atoms with Crippen molar-refractivity contribution in [3.05, 3.63) is 30.7 Å². The Balaban J connectivity index is 1.56. The van der Waals surface area contributed by atoms with Crippen LogP contribution in [0.1, 0.15) is 6.42 Å². The molecule has 21 heavy (non-hydrogen) atoms. The second-order valence-corrected chi connectivity index (χ2v) is 5.95. The third-order valence-electron chi connectivity index (χ3n) is 3.21. The molecule has 2 aromatic rings. The van der Waals surface area contributed by atoms with E-state index < -0.39 is 0 Å². The average molecular weight is 304 g/mol. The summed E-state index contributed by atoms with van der Waals surface area (Å²) in [7, 11) is 0. The van der Waals surface area contributed by atoms with Crippen LogP contribution in [0.5, 0.6) is 0 Å². The second kappa shape index (κ2) is 6.73. The number of hydrogen-bond acceptors (Lipinski definition) is 6. The Labute approximate surface area is 126 Å². The van der Waals surface area contributed by atoms with Crippen LogP contribution in [-0.4, -0.2) is 40.2 Å². The molecule has 110 valence electrons. The van der Waals surface area contributed by atoms with Crippen LogP contribution >= 0.6 is 11.8 Å². The van der Waals surface area contributed by atoms with Gasteiger partial charge in [-0.25, -0.2) is 0 Å². The normalized spacial score (nSPS) is 18.4. The number of amides is 1. The zero-order chi connectivity index (χ0) is 14.5. The van der Waals surface area contributed by atoms with Gasteiger partial charge in [0, 0.05) is 41.8 Å². The van der Waals surface area contributed by atoms with Crippen molar-refractivity contribution < 1.29 is 9.21 Å². The monoisotopic (exact) mass is 304 g/mol. The van der Waals surface area contributed by atoms with Gasteiger partial charge in [0.2, 0.25) is 18.2 Å². The number of thioether (sulfide) groups is 1. The predicted molar refractivity (Wildman–Crippen MR) is 82.1 cm³/mol. The molecule has 0 spiro atoms. The molecule has 0 radical (unpaired) electrons. The van der Waals surface area contributed by atoms with Crippen LogP contribution in [0.15, 0.2) is 35.1 Å². The van der Waals surface area contributed by atoms with Crippen LogP contribution in [-0.2, 0) is 4.79 Å². The molecule has 0 saturated carbocycles. The Morgan fingerprint density at radius 2 is 2.29 bits per heavy atom. The largest absolute Gasteiger partial charge is 0.423 e. The van der Waals surface area contributed by atoms with Crippen molar-refractivity contribution in [1.29, 1.82) is 0 Å². The maximum absolute atomic E-state index is 12.0. The number of rotatable bonds is 4. The molecular weight excluding hydrogens is 288 g/mol. The molecule has 0 bridgehead atoms. The van der Waals surface area contributed by atoms with E-state index in [9.17, 15) is 4.79 Å². The summed E-state index contributed by atoms with van der Waals surface area (Å²) in [5, 5.41) is 13.7. The third kappa shape index (κ3) is 3.83. The van der Waals surface area contributed by atoms with Crippen LogP contribution < -0.4 is 10.6 Å². The number of benzene rings is 1. The Morgan fingerprint density at radius 3 is 2.95 bits per heavy atom. The standard InChI is InChI=1S/C14H16N4O2S/c19-13(7-12-8-21-6-5-15-12)17-11-3-1-10(2-4-11)14-18-16-9-20-14/h1-4,9,12,15H,5-8H2,(H,17,19). The van der Waals surface area contributed by atoms with Crippen molar-refractivity contribution in [3.63, 3.8) is 0 Å². The third-order valence-corrected chi connectivity index (χ3v) is 4.34. The van der Waals surface area contributed by atoms with E-state index in [2.05, 4.69) is 20.8 Å². The Morgan fingerprint density at radius 1 is 1.43 bits per heavy atom. The highest BCUT2D eigenvalue weighted by Gasteiger charge is 2.16. The zero-order valence-corrected chi connectivity index (χ0v) is 12.2. The van der Waals surface area contributed by atoms with E-state index in [0.717, 1.165) is 29.3 Å². The molecule has 3 rings (SSSR count). The molecule has 0 aliphatic carbocycles. The Kier molecular flexibility index (Phi) is 4.52. The molecule has 6 nitrogen and oxygen atoms in total. The van der Waals surface area contributed by atoms with Crippen molar-refractivity contribution in [2.75, 3.05) is 23.4 Å². The van der Waals surface area contributed by atoms with Gasteiger partial charge >= 0.3 is 0 Å². The molecule has 2 heterocycles. The molecule has 7 heteroatoms. The lowest BCUT2D eigenvalue weighted by Crippen LogP contribution is -2.39. The van der Waals surface area contributed by atoms with E-state index in [1.54, 1.807) is 0 Å². The number of aromatic nitrogens is 2. The van der Waals surface area contributed by atoms with E-state index in [1.807, 2.05) is 36.0 Å². The topological polar surface area (TPSA) is 80.0 Å². The van der Waals surface area contributed by atoms with Crippen LogP contribution in [0.25, 0.3) is 11.5 Å². The molecule has 1 fully saturated rings. The van der Waals surface area contributed by atoms with Gasteiger partial charge in [-0.1, -0.05) is 0 Å². The van der Waals surface area contributed by atoms with Gasteiger partial charge in [0.1, 0.15) is 0 Å². The van der Waals surface area contributed by atoms with Crippen molar-refractivity contribution >= 4 is 23.4 Å². The summed E-state index contributed by atoms with van der Waals surface area (Å²) >= 11 is 1.89. The van der Waals surface area contributed by atoms with Gasteiger partial charge in [0.05, 0.1) is 0 Å². The highest BCUT2D eigenvalue weighted by molar-refractivity contribution is 7.99. The second-order valence-electron chi connectivity index (χ2n) is 4.80. The SMILES string of the molecule is O=C(CC1CSCCN1)Nc1ccc(-c2nnco2)cc1. The quantitative estimate of drug-likeness (QED) is 0.896. The summed E-state index contributed by atoms with van der Waals surface area (Å²) in [5.41, 5.74) is 1.60. The maximum Gasteiger partial charge on any atom is 0.247 e. The average Bonchev–Trinajstić information content (AvgIpc) is 3.03. The minimum atomic E-state index is 0.0283. The van der Waals surface area contributed by atoms with E-state index in [4.69, 9.17) is 4.42 Å². The van der Waals surface area contributed by atoms with Crippen LogP contribution in [0, 0.1) is 0 Å². The first kappa shape index (κ1) is 14.1. The summed E-state index contributed by atoms with van der Waals surface area (Å²) in [6, 6.07) is 7.62. The summed E-state index contributed by atoms with van der Waals surface area (Å²) in [6.07, 6.45) is 1.79. The number of nitrogens with one attached hydrogen (secondary N) is 2. The fraction of sp³-hybridized carbons (Fsp3) is 0.357. The van der Waals surface area contributed by atoms with Gasteiger partial charge < -0.3 is 15.1 Å². The summed E-state index contributed by atoms with van der Waals surface area (Å²) in [6.45, 7) is 0.974. The molecular formula is C14H16N4O2S. The first-order valence-electron chi connectivity index (χ1n) is 6.79. The van der Waals surface area contributed by atoms with Crippen molar-refractivity contribution in [2.45, 2.75) is 12.5 Å². The van der Waals surface area contributed by atoms with Gasteiger partial charge in [0.15, 0.2) is 0 Å². The molecule has 1 saturated heterocycles. The lowest BCUT2D eigenvalue weighted by molar-refractivity contribution is -0.116. The highest BCUT2D eigenvalue weighted by Crippen LogP contribution is 2.19. The number of nitrogens with zero attached hydrogens (tertiary/aromatic N) is 2. The summed E-state index contributed by atoms with van der Waals surface area (Å²) < 4.78 is 5.12. The van der Waals surface area contributed by atoms with E-state index >= 15 is 0 Å². The molecule has 1 atom stereocenters. The van der Waals surface area contributed by atoms with Gasteiger partial charge in [-0.2, -0.15) is 11.8 Å². The van der Waals surface area contributed by atoms with Gasteiger partial charge in [-0.3, -0.25) is 4.79 Å². The minimum Gasteiger partial charge on any atom is -0.423 e. The minimum absolute atomic E-state index is 0.0283. The van der Waals surface area contributed by atoms with E-state index in [-0.39, 0.29) is 11.9 Å². The van der Waals surface area contributed by atoms with E-state index in [1.165, 1.54) is 6.39 Å². The smallest absolute Gasteiger partial charge is 0.247 e. The Hall–Kier alpha value is -1.86. The van der Waals surface area contributed by atoms with Gasteiger partial charge in [0.25, 0.3) is 0 Å². The maximum atomic E-state index is 12.0. The lowest BCUT2D eigenvalue weighted by atomic mass is 10.2. The first-order chi connectivity index (χ1) is 10.3. The fourth-order valence-electron chi connectivity index (χ4n) is 2.18. The zero-order valence-electron chi connectivity index (χ0n) is 11.4. The first-order valence-corrected chi connectivity index (χ1v) is 7.94. The number of hydrogen-bond donors (Lipinski definition) is 2. The number of carbonyl (C=O) groups is 1. The Bertz CT molecular complexity index is 580. The molecule has 1 aromatic carbocycles. The van der Waals surface area contributed by atoms with Gasteiger partial charge in [-0.15, -0.1) is 10.2 Å². The molecule has 1 unspecified atom stereocenters. The molecule has 1 aliphatic heterocycles. The van der Waals surface area contributed by atoms with Crippen molar-refractivity contribution in [3.8, 4) is 11.5 Å². The summed E-state index contributed by atoms with van der Waals surface area (Å²) in [4.78, 5) is 12.0. The predicted octanol–water partition coefficient (Wildman–Crippen LogP) is 1.77. The molecule has 1 aliphatic rings. The lowest BCUT2D eigenvalue weighted by Gasteiger charge is -2.22. The number of anilines is 1. The van der Waals surface area contributed by atoms with Crippen LogP contribution in [0.4, 0.5) is 5.69 Å². The van der Waals surface area contributed by atoms with Crippen LogP contribution in [0.2, 0.25) is 0 Å². The molecule has 2 N–H and O–H groups in total. The van der Waals surface area contributed by atoms with Gasteiger partial charge in [-0.05, 0) is 24.3 Å². The van der Waals surface area contributed by atoms with Crippen molar-refractivity contribution in [2.24, 2.45) is 0 Å². The fourth-order valence-corrected chi connectivity index (χ4v) is 3.13. The number of carbonyl (C=O) groups excluding carboxylic acids is 1. The molecule has 1 amide bonds. The highest BCUT2D eigenvalue weighted by atomic mass is 32.2. The summed E-state index contributed by atoms with van der Waals surface area (Å²) in [5.74, 6) is 2.61. The molecule has 1 aromatic heterocycles. The van der Waals surface area contributed by atoms with Crippen LogP contribution in [0.3, 0.4) is 0 Å². The van der Waals surface area contributed by atoms with Crippen molar-refractivity contribution in [1.82, 2.24) is 15.5 Å².